The minimum atomic E-state index is 0.750. The summed E-state index contributed by atoms with van der Waals surface area (Å²) in [5.41, 5.74) is 1.08. The van der Waals surface area contributed by atoms with E-state index in [1.54, 1.807) is 0 Å². The Morgan fingerprint density at radius 3 is 2.91 bits per heavy atom. The standard InChI is InChI=1S/C8H13ClN2/c1-8-4-7-11(10-8)6-3-2-5-9/h4,7H,2-3,5-6H2,1H3. The minimum Gasteiger partial charge on any atom is -0.273 e. The van der Waals surface area contributed by atoms with Crippen molar-refractivity contribution < 1.29 is 0 Å². The van der Waals surface area contributed by atoms with Crippen molar-refractivity contribution in [2.24, 2.45) is 0 Å². The van der Waals surface area contributed by atoms with Crippen molar-refractivity contribution in [3.63, 3.8) is 0 Å². The van der Waals surface area contributed by atoms with Gasteiger partial charge in [0, 0.05) is 18.6 Å². The lowest BCUT2D eigenvalue weighted by Crippen LogP contribution is -1.98. The summed E-state index contributed by atoms with van der Waals surface area (Å²) in [5.74, 6) is 0.750. The first kappa shape index (κ1) is 8.60. The van der Waals surface area contributed by atoms with E-state index >= 15 is 0 Å². The zero-order chi connectivity index (χ0) is 8.10. The fourth-order valence-electron chi connectivity index (χ4n) is 0.956. The zero-order valence-corrected chi connectivity index (χ0v) is 7.51. The van der Waals surface area contributed by atoms with Crippen LogP contribution in [0.15, 0.2) is 12.3 Å². The predicted octanol–water partition coefficient (Wildman–Crippen LogP) is 2.21. The summed E-state index contributed by atoms with van der Waals surface area (Å²) in [7, 11) is 0. The fourth-order valence-corrected chi connectivity index (χ4v) is 1.14. The van der Waals surface area contributed by atoms with Gasteiger partial charge in [-0.05, 0) is 25.8 Å². The number of halogens is 1. The quantitative estimate of drug-likeness (QED) is 0.503. The highest BCUT2D eigenvalue weighted by Crippen LogP contribution is 1.97. The highest BCUT2D eigenvalue weighted by Gasteiger charge is 1.92. The summed E-state index contributed by atoms with van der Waals surface area (Å²) in [4.78, 5) is 0. The Morgan fingerprint density at radius 1 is 1.55 bits per heavy atom. The Balaban J connectivity index is 2.27. The molecule has 0 atom stereocenters. The maximum Gasteiger partial charge on any atom is 0.0593 e. The second-order valence-corrected chi connectivity index (χ2v) is 2.99. The van der Waals surface area contributed by atoms with Crippen molar-refractivity contribution in [1.29, 1.82) is 0 Å². The molecule has 3 heteroatoms. The molecule has 1 aromatic rings. The number of hydrogen-bond acceptors (Lipinski definition) is 1. The lowest BCUT2D eigenvalue weighted by Gasteiger charge is -1.97. The zero-order valence-electron chi connectivity index (χ0n) is 6.76. The molecule has 1 aromatic heterocycles. The summed E-state index contributed by atoms with van der Waals surface area (Å²) >= 11 is 5.54. The number of alkyl halides is 1. The fraction of sp³-hybridized carbons (Fsp3) is 0.625. The smallest absolute Gasteiger partial charge is 0.0593 e. The molecule has 1 rings (SSSR count). The summed E-state index contributed by atoms with van der Waals surface area (Å²) in [5, 5.41) is 4.26. The number of aryl methyl sites for hydroxylation is 2. The second-order valence-electron chi connectivity index (χ2n) is 2.62. The molecule has 0 fully saturated rings. The van der Waals surface area contributed by atoms with Gasteiger partial charge in [-0.2, -0.15) is 5.10 Å². The van der Waals surface area contributed by atoms with Gasteiger partial charge in [-0.25, -0.2) is 0 Å². The molecule has 0 unspecified atom stereocenters. The lowest BCUT2D eigenvalue weighted by molar-refractivity contribution is 0.570. The minimum absolute atomic E-state index is 0.750. The lowest BCUT2D eigenvalue weighted by atomic mass is 10.3. The Labute approximate surface area is 72.2 Å². The molecule has 0 N–H and O–H groups in total. The number of hydrogen-bond donors (Lipinski definition) is 0. The van der Waals surface area contributed by atoms with E-state index in [0.717, 1.165) is 31.0 Å². The first-order chi connectivity index (χ1) is 5.33. The van der Waals surface area contributed by atoms with Crippen LogP contribution in [0.5, 0.6) is 0 Å². The molecule has 0 saturated carbocycles. The molecule has 0 aliphatic rings. The Hall–Kier alpha value is -0.500. The van der Waals surface area contributed by atoms with Gasteiger partial charge >= 0.3 is 0 Å². The van der Waals surface area contributed by atoms with E-state index in [4.69, 9.17) is 11.6 Å². The second kappa shape index (κ2) is 4.39. The van der Waals surface area contributed by atoms with Crippen molar-refractivity contribution in [3.8, 4) is 0 Å². The summed E-state index contributed by atoms with van der Waals surface area (Å²) in [6, 6.07) is 2.01. The summed E-state index contributed by atoms with van der Waals surface area (Å²) < 4.78 is 1.96. The van der Waals surface area contributed by atoms with Gasteiger partial charge in [0.05, 0.1) is 5.69 Å². The van der Waals surface area contributed by atoms with Crippen LogP contribution < -0.4 is 0 Å². The van der Waals surface area contributed by atoms with Crippen LogP contribution in [0.25, 0.3) is 0 Å². The number of aromatic nitrogens is 2. The van der Waals surface area contributed by atoms with Crippen LogP contribution in [0.4, 0.5) is 0 Å². The molecule has 1 heterocycles. The number of unbranched alkanes of at least 4 members (excludes halogenated alkanes) is 1. The van der Waals surface area contributed by atoms with Crippen LogP contribution in [0.2, 0.25) is 0 Å². The van der Waals surface area contributed by atoms with Gasteiger partial charge in [-0.1, -0.05) is 0 Å². The van der Waals surface area contributed by atoms with E-state index in [9.17, 15) is 0 Å². The van der Waals surface area contributed by atoms with Crippen LogP contribution in [0.3, 0.4) is 0 Å². The molecule has 0 radical (unpaired) electrons. The molecule has 0 aromatic carbocycles. The van der Waals surface area contributed by atoms with E-state index < -0.39 is 0 Å². The SMILES string of the molecule is Cc1ccn(CCCCCl)n1. The Kier molecular flexibility index (Phi) is 3.43. The maximum absolute atomic E-state index is 5.54. The van der Waals surface area contributed by atoms with Gasteiger partial charge in [0.15, 0.2) is 0 Å². The third-order valence-electron chi connectivity index (χ3n) is 1.54. The van der Waals surface area contributed by atoms with Crippen molar-refractivity contribution in [1.82, 2.24) is 9.78 Å². The normalized spacial score (nSPS) is 10.4. The molecule has 2 nitrogen and oxygen atoms in total. The molecule has 0 aliphatic heterocycles. The highest BCUT2D eigenvalue weighted by molar-refractivity contribution is 6.17. The van der Waals surface area contributed by atoms with Crippen LogP contribution in [-0.2, 0) is 6.54 Å². The Morgan fingerprint density at radius 2 is 2.36 bits per heavy atom. The molecule has 0 saturated heterocycles. The van der Waals surface area contributed by atoms with E-state index in [1.807, 2.05) is 23.9 Å². The summed E-state index contributed by atoms with van der Waals surface area (Å²) in [6.45, 7) is 2.98. The molecule has 0 spiro atoms. The first-order valence-electron chi connectivity index (χ1n) is 3.89. The largest absolute Gasteiger partial charge is 0.273 e. The molecular weight excluding hydrogens is 160 g/mol. The molecule has 0 aliphatic carbocycles. The maximum atomic E-state index is 5.54. The van der Waals surface area contributed by atoms with Gasteiger partial charge in [-0.3, -0.25) is 4.68 Å². The van der Waals surface area contributed by atoms with Crippen LogP contribution in [-0.4, -0.2) is 15.7 Å². The van der Waals surface area contributed by atoms with Gasteiger partial charge < -0.3 is 0 Å². The first-order valence-corrected chi connectivity index (χ1v) is 4.42. The highest BCUT2D eigenvalue weighted by atomic mass is 35.5. The average molecular weight is 173 g/mol. The predicted molar refractivity (Wildman–Crippen MR) is 46.9 cm³/mol. The van der Waals surface area contributed by atoms with E-state index in [2.05, 4.69) is 5.10 Å². The van der Waals surface area contributed by atoms with Crippen molar-refractivity contribution in [2.45, 2.75) is 26.3 Å². The molecule has 62 valence electrons. The third-order valence-corrected chi connectivity index (χ3v) is 1.81. The number of rotatable bonds is 4. The van der Waals surface area contributed by atoms with Gasteiger partial charge in [0.25, 0.3) is 0 Å². The topological polar surface area (TPSA) is 17.8 Å². The molecule has 0 amide bonds. The monoisotopic (exact) mass is 172 g/mol. The van der Waals surface area contributed by atoms with Crippen molar-refractivity contribution in [3.05, 3.63) is 18.0 Å². The Bertz CT molecular complexity index is 208. The summed E-state index contributed by atoms with van der Waals surface area (Å²) in [6.07, 6.45) is 4.19. The van der Waals surface area contributed by atoms with Crippen molar-refractivity contribution in [2.75, 3.05) is 5.88 Å². The van der Waals surface area contributed by atoms with E-state index in [1.165, 1.54) is 0 Å². The van der Waals surface area contributed by atoms with Crippen LogP contribution in [0, 0.1) is 6.92 Å². The van der Waals surface area contributed by atoms with Crippen molar-refractivity contribution >= 4 is 11.6 Å². The van der Waals surface area contributed by atoms with E-state index in [-0.39, 0.29) is 0 Å². The van der Waals surface area contributed by atoms with Gasteiger partial charge in [-0.15, -0.1) is 11.6 Å². The van der Waals surface area contributed by atoms with Crippen LogP contribution >= 0.6 is 11.6 Å². The average Bonchev–Trinajstić information content (AvgIpc) is 2.37. The van der Waals surface area contributed by atoms with Gasteiger partial charge in [0.2, 0.25) is 0 Å². The molecule has 0 bridgehead atoms. The third kappa shape index (κ3) is 2.93. The van der Waals surface area contributed by atoms with E-state index in [0.29, 0.717) is 0 Å². The van der Waals surface area contributed by atoms with Crippen LogP contribution in [0.1, 0.15) is 18.5 Å². The van der Waals surface area contributed by atoms with Gasteiger partial charge in [0.1, 0.15) is 0 Å². The molecular formula is C8H13ClN2. The molecule has 11 heavy (non-hydrogen) atoms. The number of nitrogens with zero attached hydrogens (tertiary/aromatic N) is 2.